The molecule has 4 aliphatic carbocycles. The fraction of sp³-hybridized carbons (Fsp3) is 0.696. The maximum Gasteiger partial charge on any atom is 0.375 e. The number of aliphatic hydroxyl groups excluding tert-OH is 1. The van der Waals surface area contributed by atoms with Crippen LogP contribution in [0.4, 0.5) is 0 Å². The van der Waals surface area contributed by atoms with Gasteiger partial charge in [0.05, 0.1) is 6.10 Å². The van der Waals surface area contributed by atoms with Crippen LogP contribution < -0.4 is 0 Å². The average molecular weight is 402 g/mol. The first-order chi connectivity index (χ1) is 13.4. The smallest absolute Gasteiger partial charge is 0.375 e. The Morgan fingerprint density at radius 1 is 1.17 bits per heavy atom. The summed E-state index contributed by atoms with van der Waals surface area (Å²) in [6.07, 6.45) is 5.83. The van der Waals surface area contributed by atoms with Crippen molar-refractivity contribution in [1.82, 2.24) is 0 Å². The van der Waals surface area contributed by atoms with Crippen LogP contribution >= 0.6 is 0 Å². The van der Waals surface area contributed by atoms with E-state index in [1.165, 1.54) is 0 Å². The minimum atomic E-state index is -1.99. The second kappa shape index (κ2) is 6.11. The number of carbonyl (C=O) groups excluding carboxylic acids is 2. The first-order valence-electron chi connectivity index (χ1n) is 10.5. The van der Waals surface area contributed by atoms with E-state index in [1.807, 2.05) is 6.08 Å². The molecule has 9 atom stereocenters. The second-order valence-electron chi connectivity index (χ2n) is 10.3. The third kappa shape index (κ3) is 2.39. The summed E-state index contributed by atoms with van der Waals surface area (Å²) in [5, 5.41) is 32.1. The summed E-state index contributed by atoms with van der Waals surface area (Å²) < 4.78 is 0. The van der Waals surface area contributed by atoms with Gasteiger partial charge in [0.2, 0.25) is 0 Å². The van der Waals surface area contributed by atoms with Crippen molar-refractivity contribution in [2.24, 2.45) is 40.4 Å². The predicted octanol–water partition coefficient (Wildman–Crippen LogP) is 2.14. The van der Waals surface area contributed by atoms with Gasteiger partial charge in [-0.15, -0.1) is 0 Å². The van der Waals surface area contributed by atoms with E-state index in [0.717, 1.165) is 12.0 Å². The molecule has 3 fully saturated rings. The normalized spacial score (nSPS) is 51.0. The molecule has 3 N–H and O–H groups in total. The van der Waals surface area contributed by atoms with Gasteiger partial charge in [0.1, 0.15) is 5.60 Å². The highest BCUT2D eigenvalue weighted by Crippen LogP contribution is 2.68. The Morgan fingerprint density at radius 3 is 2.45 bits per heavy atom. The van der Waals surface area contributed by atoms with Gasteiger partial charge in [-0.3, -0.25) is 9.59 Å². The van der Waals surface area contributed by atoms with E-state index in [9.17, 15) is 29.7 Å². The van der Waals surface area contributed by atoms with E-state index in [4.69, 9.17) is 0 Å². The Hall–Kier alpha value is -1.79. The molecule has 3 saturated carbocycles. The topological polar surface area (TPSA) is 112 Å². The van der Waals surface area contributed by atoms with Crippen LogP contribution in [0.1, 0.15) is 47.0 Å². The number of aliphatic carboxylic acids is 1. The van der Waals surface area contributed by atoms with Gasteiger partial charge in [-0.1, -0.05) is 39.3 Å². The quantitative estimate of drug-likeness (QED) is 0.610. The second-order valence-corrected chi connectivity index (χ2v) is 10.3. The number of carboxylic acid groups (broad SMARTS) is 1. The number of hydrogen-bond acceptors (Lipinski definition) is 5. The van der Waals surface area contributed by atoms with Crippen molar-refractivity contribution >= 4 is 17.5 Å². The molecule has 0 spiro atoms. The summed E-state index contributed by atoms with van der Waals surface area (Å²) >= 11 is 0. The lowest BCUT2D eigenvalue weighted by molar-refractivity contribution is -0.188. The Labute approximate surface area is 170 Å². The van der Waals surface area contributed by atoms with E-state index in [1.54, 1.807) is 26.0 Å². The van der Waals surface area contributed by atoms with Gasteiger partial charge >= 0.3 is 5.97 Å². The SMILES string of the molecule is C[C@@H]1C[C@H]2[C@@H]3C[C@H](C)C4=CC(=O)C=C[C@]4(C)[C@H]3[C@@H](O)C[C@]2(C)[C@@]1(O)C(=O)C(=O)O. The number of fused-ring (bicyclic) bond motifs is 5. The van der Waals surface area contributed by atoms with Gasteiger partial charge < -0.3 is 15.3 Å². The molecule has 0 aliphatic heterocycles. The van der Waals surface area contributed by atoms with Crippen LogP contribution in [0.3, 0.4) is 0 Å². The van der Waals surface area contributed by atoms with Gasteiger partial charge in [0.15, 0.2) is 5.78 Å². The lowest BCUT2D eigenvalue weighted by Crippen LogP contribution is -2.63. The maximum absolute atomic E-state index is 12.6. The molecule has 29 heavy (non-hydrogen) atoms. The molecule has 0 radical (unpaired) electrons. The minimum absolute atomic E-state index is 0.0248. The number of aliphatic hydroxyl groups is 2. The van der Waals surface area contributed by atoms with Crippen molar-refractivity contribution in [1.29, 1.82) is 0 Å². The Kier molecular flexibility index (Phi) is 4.32. The lowest BCUT2D eigenvalue weighted by Gasteiger charge is -2.60. The standard InChI is InChI=1S/C23H30O6/c1-11-7-14-16-8-12(2)23(29,19(26)20(27)28)22(16,4)10-17(25)18(14)21(3)6-5-13(24)9-15(11)21/h5-6,9,11-12,14,16-18,25,29H,7-8,10H2,1-4H3,(H,27,28)/t11-,12+,14-,16-,17-,18+,21-,22-,23-/m0/s1. The molecule has 4 aliphatic rings. The van der Waals surface area contributed by atoms with E-state index < -0.39 is 40.2 Å². The summed E-state index contributed by atoms with van der Waals surface area (Å²) in [6, 6.07) is 0. The predicted molar refractivity (Wildman–Crippen MR) is 105 cm³/mol. The van der Waals surface area contributed by atoms with Crippen LogP contribution in [0.2, 0.25) is 0 Å². The molecule has 6 nitrogen and oxygen atoms in total. The van der Waals surface area contributed by atoms with E-state index in [-0.39, 0.29) is 35.9 Å². The van der Waals surface area contributed by atoms with E-state index >= 15 is 0 Å². The molecule has 158 valence electrons. The highest BCUT2D eigenvalue weighted by molar-refractivity contribution is 6.36. The van der Waals surface area contributed by atoms with E-state index in [0.29, 0.717) is 6.42 Å². The molecule has 0 unspecified atom stereocenters. The largest absolute Gasteiger partial charge is 0.475 e. The first-order valence-corrected chi connectivity index (χ1v) is 10.5. The molecule has 4 rings (SSSR count). The van der Waals surface area contributed by atoms with Crippen molar-refractivity contribution in [3.63, 3.8) is 0 Å². The molecule has 0 bridgehead atoms. The number of allylic oxidation sites excluding steroid dienone is 4. The zero-order valence-electron chi connectivity index (χ0n) is 17.4. The third-order valence-corrected chi connectivity index (χ3v) is 8.94. The van der Waals surface area contributed by atoms with Crippen LogP contribution in [0.5, 0.6) is 0 Å². The number of carbonyl (C=O) groups is 3. The molecule has 0 aromatic heterocycles. The number of carboxylic acids is 1. The summed E-state index contributed by atoms with van der Waals surface area (Å²) in [5.74, 6) is -3.39. The third-order valence-electron chi connectivity index (χ3n) is 8.94. The van der Waals surface area contributed by atoms with Gasteiger partial charge in [0.25, 0.3) is 5.78 Å². The van der Waals surface area contributed by atoms with Crippen LogP contribution in [0.15, 0.2) is 23.8 Å². The molecular formula is C23H30O6. The van der Waals surface area contributed by atoms with Crippen molar-refractivity contribution in [2.75, 3.05) is 0 Å². The highest BCUT2D eigenvalue weighted by atomic mass is 16.4. The van der Waals surface area contributed by atoms with Crippen LogP contribution in [-0.4, -0.2) is 44.6 Å². The van der Waals surface area contributed by atoms with Gasteiger partial charge in [-0.25, -0.2) is 4.79 Å². The lowest BCUT2D eigenvalue weighted by atomic mass is 9.44. The van der Waals surface area contributed by atoms with Crippen molar-refractivity contribution in [2.45, 2.75) is 58.7 Å². The minimum Gasteiger partial charge on any atom is -0.475 e. The van der Waals surface area contributed by atoms with Gasteiger partial charge in [0, 0.05) is 16.7 Å². The molecule has 0 heterocycles. The monoisotopic (exact) mass is 402 g/mol. The summed E-state index contributed by atoms with van der Waals surface area (Å²) in [4.78, 5) is 36.1. The van der Waals surface area contributed by atoms with Crippen LogP contribution in [0.25, 0.3) is 0 Å². The Balaban J connectivity index is 1.82. The van der Waals surface area contributed by atoms with Crippen molar-refractivity contribution < 1.29 is 29.7 Å². The molecule has 0 aromatic rings. The fourth-order valence-electron chi connectivity index (χ4n) is 7.73. The molecule has 0 aromatic carbocycles. The number of hydrogen-bond donors (Lipinski definition) is 3. The zero-order valence-corrected chi connectivity index (χ0v) is 17.4. The zero-order chi connectivity index (χ0) is 21.5. The average Bonchev–Trinajstić information content (AvgIpc) is 2.83. The van der Waals surface area contributed by atoms with Gasteiger partial charge in [-0.05, 0) is 55.1 Å². The highest BCUT2D eigenvalue weighted by Gasteiger charge is 2.71. The Bertz CT molecular complexity index is 857. The van der Waals surface area contributed by atoms with Gasteiger partial charge in [-0.2, -0.15) is 0 Å². The van der Waals surface area contributed by atoms with Crippen molar-refractivity contribution in [3.8, 4) is 0 Å². The fourth-order valence-corrected chi connectivity index (χ4v) is 7.73. The maximum atomic E-state index is 12.6. The van der Waals surface area contributed by atoms with Crippen LogP contribution in [0, 0.1) is 40.4 Å². The first kappa shape index (κ1) is 20.5. The van der Waals surface area contributed by atoms with Crippen LogP contribution in [-0.2, 0) is 14.4 Å². The van der Waals surface area contributed by atoms with Crippen molar-refractivity contribution in [3.05, 3.63) is 23.8 Å². The molecular weight excluding hydrogens is 372 g/mol. The molecule has 0 saturated heterocycles. The Morgan fingerprint density at radius 2 is 1.83 bits per heavy atom. The summed E-state index contributed by atoms with van der Waals surface area (Å²) in [6.45, 7) is 7.66. The summed E-state index contributed by atoms with van der Waals surface area (Å²) in [7, 11) is 0. The van der Waals surface area contributed by atoms with E-state index in [2.05, 4.69) is 13.8 Å². The number of ketones is 2. The number of rotatable bonds is 2. The summed E-state index contributed by atoms with van der Waals surface area (Å²) in [5.41, 5.74) is -2.42. The number of Topliss-reactive ketones (excluding diaryl/α,β-unsaturated/α-hetero) is 1. The molecule has 6 heteroatoms. The molecule has 0 amide bonds.